The van der Waals surface area contributed by atoms with E-state index >= 15 is 0 Å². The summed E-state index contributed by atoms with van der Waals surface area (Å²) in [5.74, 6) is 4.82. The van der Waals surface area contributed by atoms with E-state index in [-0.39, 0.29) is 18.3 Å². The van der Waals surface area contributed by atoms with E-state index < -0.39 is 0 Å². The van der Waals surface area contributed by atoms with Crippen LogP contribution >= 0.6 is 0 Å². The van der Waals surface area contributed by atoms with Crippen LogP contribution in [0.2, 0.25) is 0 Å². The molecule has 1 amide bonds. The van der Waals surface area contributed by atoms with Gasteiger partial charge in [-0.3, -0.25) is 9.20 Å². The Morgan fingerprint density at radius 1 is 1.26 bits per heavy atom. The van der Waals surface area contributed by atoms with Crippen molar-refractivity contribution in [3.05, 3.63) is 71.4 Å². The van der Waals surface area contributed by atoms with Crippen molar-refractivity contribution in [2.24, 2.45) is 0 Å². The molecular formula is C18H14FN3O. The van der Waals surface area contributed by atoms with Gasteiger partial charge in [-0.25, -0.2) is 9.37 Å². The number of hydrogen-bond donors (Lipinski definition) is 1. The number of fused-ring (bicyclic) bond motifs is 1. The molecule has 114 valence electrons. The van der Waals surface area contributed by atoms with Gasteiger partial charge in [0.2, 0.25) is 0 Å². The number of aryl methyl sites for hydroxylation is 1. The summed E-state index contributed by atoms with van der Waals surface area (Å²) in [6, 6.07) is 11.8. The lowest BCUT2D eigenvalue weighted by Crippen LogP contribution is -2.25. The summed E-state index contributed by atoms with van der Waals surface area (Å²) in [6.07, 6.45) is 1.79. The minimum atomic E-state index is -0.371. The fourth-order valence-electron chi connectivity index (χ4n) is 2.30. The van der Waals surface area contributed by atoms with Gasteiger partial charge in [0.25, 0.3) is 5.91 Å². The van der Waals surface area contributed by atoms with Gasteiger partial charge >= 0.3 is 0 Å². The number of nitrogens with zero attached hydrogens (tertiary/aromatic N) is 2. The van der Waals surface area contributed by atoms with E-state index in [1.165, 1.54) is 6.07 Å². The molecule has 2 heterocycles. The van der Waals surface area contributed by atoms with Gasteiger partial charge in [0.15, 0.2) is 0 Å². The highest BCUT2D eigenvalue weighted by molar-refractivity contribution is 5.94. The molecule has 2 aromatic heterocycles. The fraction of sp³-hybridized carbons (Fsp3) is 0.111. The Morgan fingerprint density at radius 2 is 2.04 bits per heavy atom. The highest BCUT2D eigenvalue weighted by Crippen LogP contribution is 2.11. The maximum atomic E-state index is 13.4. The summed E-state index contributed by atoms with van der Waals surface area (Å²) in [5, 5.41) is 2.71. The second-order valence-electron chi connectivity index (χ2n) is 4.94. The van der Waals surface area contributed by atoms with Crippen molar-refractivity contribution < 1.29 is 9.18 Å². The van der Waals surface area contributed by atoms with Gasteiger partial charge in [-0.05, 0) is 31.2 Å². The van der Waals surface area contributed by atoms with Crippen molar-refractivity contribution in [2.45, 2.75) is 6.92 Å². The Morgan fingerprint density at radius 3 is 2.87 bits per heavy atom. The van der Waals surface area contributed by atoms with Gasteiger partial charge in [0.05, 0.1) is 17.8 Å². The number of imidazole rings is 1. The summed E-state index contributed by atoms with van der Waals surface area (Å²) in [5.41, 5.74) is 2.16. The number of aromatic nitrogens is 2. The van der Waals surface area contributed by atoms with E-state index in [9.17, 15) is 9.18 Å². The van der Waals surface area contributed by atoms with Crippen molar-refractivity contribution in [2.75, 3.05) is 6.54 Å². The van der Waals surface area contributed by atoms with Crippen molar-refractivity contribution in [1.82, 2.24) is 14.7 Å². The van der Waals surface area contributed by atoms with Crippen LogP contribution in [0.15, 0.2) is 48.7 Å². The second kappa shape index (κ2) is 6.32. The molecule has 3 rings (SSSR count). The maximum absolute atomic E-state index is 13.4. The normalized spacial score (nSPS) is 10.2. The molecule has 0 aliphatic carbocycles. The van der Waals surface area contributed by atoms with E-state index in [4.69, 9.17) is 0 Å². The summed E-state index contributed by atoms with van der Waals surface area (Å²) >= 11 is 0. The van der Waals surface area contributed by atoms with Crippen LogP contribution in [0.5, 0.6) is 0 Å². The van der Waals surface area contributed by atoms with Crippen LogP contribution < -0.4 is 5.32 Å². The lowest BCUT2D eigenvalue weighted by atomic mass is 10.2. The number of rotatable bonds is 2. The SMILES string of the molecule is Cc1nc2ccccn2c1C(=O)NCC#Cc1ccccc1F. The number of halogens is 1. The van der Waals surface area contributed by atoms with E-state index in [0.29, 0.717) is 22.6 Å². The lowest BCUT2D eigenvalue weighted by molar-refractivity contribution is 0.0952. The molecule has 0 aliphatic rings. The minimum absolute atomic E-state index is 0.132. The molecule has 23 heavy (non-hydrogen) atoms. The molecule has 0 aliphatic heterocycles. The van der Waals surface area contributed by atoms with Gasteiger partial charge in [-0.1, -0.05) is 30.0 Å². The van der Waals surface area contributed by atoms with Crippen molar-refractivity contribution in [3.63, 3.8) is 0 Å². The van der Waals surface area contributed by atoms with Crippen LogP contribution in [-0.2, 0) is 0 Å². The largest absolute Gasteiger partial charge is 0.340 e. The van der Waals surface area contributed by atoms with Crippen LogP contribution in [0.1, 0.15) is 21.7 Å². The molecule has 1 aromatic carbocycles. The zero-order chi connectivity index (χ0) is 16.2. The Labute approximate surface area is 133 Å². The van der Waals surface area contributed by atoms with E-state index in [1.807, 2.05) is 18.2 Å². The van der Waals surface area contributed by atoms with E-state index in [1.54, 1.807) is 35.7 Å². The van der Waals surface area contributed by atoms with Crippen LogP contribution in [0.4, 0.5) is 4.39 Å². The highest BCUT2D eigenvalue weighted by Gasteiger charge is 2.15. The second-order valence-corrected chi connectivity index (χ2v) is 4.94. The predicted molar refractivity (Wildman–Crippen MR) is 85.5 cm³/mol. The maximum Gasteiger partial charge on any atom is 0.270 e. The quantitative estimate of drug-likeness (QED) is 0.740. The number of benzene rings is 1. The number of carbonyl (C=O) groups excluding carboxylic acids is 1. The van der Waals surface area contributed by atoms with Gasteiger partial charge in [-0.2, -0.15) is 0 Å². The highest BCUT2D eigenvalue weighted by atomic mass is 19.1. The summed E-state index contributed by atoms with van der Waals surface area (Å²) in [4.78, 5) is 16.6. The van der Waals surface area contributed by atoms with Crippen molar-refractivity contribution in [3.8, 4) is 11.8 Å². The Balaban J connectivity index is 1.73. The number of hydrogen-bond acceptors (Lipinski definition) is 2. The minimum Gasteiger partial charge on any atom is -0.340 e. The molecule has 5 heteroatoms. The summed E-state index contributed by atoms with van der Waals surface area (Å²) in [7, 11) is 0. The van der Waals surface area contributed by atoms with Crippen LogP contribution in [-0.4, -0.2) is 21.8 Å². The average Bonchev–Trinajstić information content (AvgIpc) is 2.88. The summed E-state index contributed by atoms with van der Waals surface area (Å²) < 4.78 is 15.2. The standard InChI is InChI=1S/C18H14FN3O/c1-13-17(22-12-5-4-10-16(22)21-13)18(23)20-11-6-8-14-7-2-3-9-15(14)19/h2-5,7,9-10,12H,11H2,1H3,(H,20,23). The first-order valence-electron chi connectivity index (χ1n) is 7.12. The van der Waals surface area contributed by atoms with Crippen LogP contribution in [0.25, 0.3) is 5.65 Å². The molecule has 0 spiro atoms. The number of carbonyl (C=O) groups is 1. The first-order chi connectivity index (χ1) is 11.2. The molecule has 0 saturated heterocycles. The lowest BCUT2D eigenvalue weighted by Gasteiger charge is -2.02. The fourth-order valence-corrected chi connectivity index (χ4v) is 2.30. The third-order valence-corrected chi connectivity index (χ3v) is 3.35. The summed E-state index contributed by atoms with van der Waals surface area (Å²) in [6.45, 7) is 1.92. The zero-order valence-electron chi connectivity index (χ0n) is 12.5. The third kappa shape index (κ3) is 3.06. The predicted octanol–water partition coefficient (Wildman–Crippen LogP) is 2.56. The van der Waals surface area contributed by atoms with Crippen molar-refractivity contribution in [1.29, 1.82) is 0 Å². The van der Waals surface area contributed by atoms with E-state index in [2.05, 4.69) is 22.1 Å². The topological polar surface area (TPSA) is 46.4 Å². The molecule has 0 bridgehead atoms. The third-order valence-electron chi connectivity index (χ3n) is 3.35. The molecule has 0 unspecified atom stereocenters. The Kier molecular flexibility index (Phi) is 4.07. The first kappa shape index (κ1) is 14.8. The number of pyridine rings is 1. The van der Waals surface area contributed by atoms with Gasteiger partial charge in [-0.15, -0.1) is 0 Å². The Bertz CT molecular complexity index is 934. The molecule has 4 nitrogen and oxygen atoms in total. The van der Waals surface area contributed by atoms with Crippen LogP contribution in [0.3, 0.4) is 0 Å². The molecule has 0 fully saturated rings. The molecular weight excluding hydrogens is 293 g/mol. The number of amides is 1. The van der Waals surface area contributed by atoms with Gasteiger partial charge < -0.3 is 5.32 Å². The zero-order valence-corrected chi connectivity index (χ0v) is 12.5. The average molecular weight is 307 g/mol. The van der Waals surface area contributed by atoms with Gasteiger partial charge in [0, 0.05) is 6.20 Å². The molecule has 0 saturated carbocycles. The first-order valence-corrected chi connectivity index (χ1v) is 7.12. The molecule has 1 N–H and O–H groups in total. The monoisotopic (exact) mass is 307 g/mol. The molecule has 0 atom stereocenters. The molecule has 3 aromatic rings. The number of nitrogens with one attached hydrogen (secondary N) is 1. The van der Waals surface area contributed by atoms with E-state index in [0.717, 1.165) is 0 Å². The smallest absolute Gasteiger partial charge is 0.270 e. The van der Waals surface area contributed by atoms with Gasteiger partial charge in [0.1, 0.15) is 17.2 Å². The van der Waals surface area contributed by atoms with Crippen molar-refractivity contribution >= 4 is 11.6 Å². The molecule has 0 radical (unpaired) electrons. The Hall–Kier alpha value is -3.13. The van der Waals surface area contributed by atoms with Crippen LogP contribution in [0, 0.1) is 24.6 Å².